The van der Waals surface area contributed by atoms with Gasteiger partial charge in [-0.2, -0.15) is 0 Å². The van der Waals surface area contributed by atoms with Gasteiger partial charge in [0.05, 0.1) is 0 Å². The van der Waals surface area contributed by atoms with E-state index in [2.05, 4.69) is 22.3 Å². The molecule has 6 nitrogen and oxygen atoms in total. The summed E-state index contributed by atoms with van der Waals surface area (Å²) in [5, 5.41) is 12.2. The summed E-state index contributed by atoms with van der Waals surface area (Å²) in [5.74, 6) is 0.851. The summed E-state index contributed by atoms with van der Waals surface area (Å²) in [5.41, 5.74) is 8.09. The number of aliphatic carboxylic acids is 1. The van der Waals surface area contributed by atoms with Crippen molar-refractivity contribution in [3.8, 4) is 0 Å². The third kappa shape index (κ3) is 7.62. The average Bonchev–Trinajstić information content (AvgIpc) is 3.05. The maximum Gasteiger partial charge on any atom is 0.320 e. The number of anilines is 1. The normalized spacial score (nSPS) is 19.5. The van der Waals surface area contributed by atoms with Gasteiger partial charge in [0.15, 0.2) is 0 Å². The van der Waals surface area contributed by atoms with Crippen molar-refractivity contribution in [3.63, 3.8) is 0 Å². The van der Waals surface area contributed by atoms with Crippen LogP contribution in [0.5, 0.6) is 0 Å². The Kier molecular flexibility index (Phi) is 12.3. The van der Waals surface area contributed by atoms with Gasteiger partial charge in [-0.15, -0.1) is 37.2 Å². The zero-order chi connectivity index (χ0) is 16.9. The van der Waals surface area contributed by atoms with Crippen LogP contribution in [0.3, 0.4) is 0 Å². The second kappa shape index (κ2) is 12.6. The molecular formula is C18H31Cl3N4O2. The Bertz CT molecular complexity index is 592. The number of nitrogens with one attached hydrogen (secondary N) is 1. The van der Waals surface area contributed by atoms with Gasteiger partial charge in [0.25, 0.3) is 0 Å². The molecule has 1 aromatic heterocycles. The summed E-state index contributed by atoms with van der Waals surface area (Å²) in [6, 6.07) is 3.65. The standard InChI is InChI=1S/C18H28N4O2.3ClH/c19-16(18(23)24)8-11-22-10-7-13(12-22)3-5-15-6-4-14-2-1-9-20-17(14)21-15;;;/h4,6,13,16H,1-3,5,7-12,19H2,(H,20,21)(H,23,24);3*1H/t13-,16?;;;/m1.../s1. The number of nitrogens with zero attached hydrogens (tertiary/aromatic N) is 2. The Balaban J connectivity index is 0.00000225. The summed E-state index contributed by atoms with van der Waals surface area (Å²) in [6.07, 6.45) is 6.20. The van der Waals surface area contributed by atoms with Gasteiger partial charge in [-0.25, -0.2) is 4.98 Å². The van der Waals surface area contributed by atoms with E-state index in [1.165, 1.54) is 24.1 Å². The Morgan fingerprint density at radius 1 is 1.37 bits per heavy atom. The summed E-state index contributed by atoms with van der Waals surface area (Å²) >= 11 is 0. The number of hydrogen-bond acceptors (Lipinski definition) is 5. The third-order valence-electron chi connectivity index (χ3n) is 5.20. The van der Waals surface area contributed by atoms with Crippen LogP contribution >= 0.6 is 37.2 Å². The Morgan fingerprint density at radius 3 is 2.89 bits per heavy atom. The predicted molar refractivity (Wildman–Crippen MR) is 116 cm³/mol. The molecule has 0 aliphatic carbocycles. The van der Waals surface area contributed by atoms with E-state index in [-0.39, 0.29) is 37.2 Å². The van der Waals surface area contributed by atoms with E-state index in [0.717, 1.165) is 51.3 Å². The van der Waals surface area contributed by atoms with Crippen molar-refractivity contribution in [2.75, 3.05) is 31.5 Å². The maximum absolute atomic E-state index is 10.8. The molecule has 1 saturated heterocycles. The molecule has 156 valence electrons. The number of aromatic nitrogens is 1. The smallest absolute Gasteiger partial charge is 0.320 e. The minimum absolute atomic E-state index is 0. The number of hydrogen-bond donors (Lipinski definition) is 3. The maximum atomic E-state index is 10.8. The van der Waals surface area contributed by atoms with Gasteiger partial charge in [-0.05, 0) is 62.6 Å². The van der Waals surface area contributed by atoms with E-state index < -0.39 is 12.0 Å². The second-order valence-corrected chi connectivity index (χ2v) is 7.07. The van der Waals surface area contributed by atoms with Crippen LogP contribution in [-0.4, -0.2) is 53.2 Å². The molecule has 1 unspecified atom stereocenters. The Hall–Kier alpha value is -0.790. The molecule has 1 aromatic rings. The number of likely N-dealkylation sites (tertiary alicyclic amines) is 1. The highest BCUT2D eigenvalue weighted by atomic mass is 35.5. The summed E-state index contributed by atoms with van der Waals surface area (Å²) in [4.78, 5) is 17.9. The summed E-state index contributed by atoms with van der Waals surface area (Å²) in [6.45, 7) is 3.91. The van der Waals surface area contributed by atoms with Crippen molar-refractivity contribution in [1.82, 2.24) is 9.88 Å². The van der Waals surface area contributed by atoms with Crippen LogP contribution < -0.4 is 11.1 Å². The molecule has 2 aliphatic heterocycles. The lowest BCUT2D eigenvalue weighted by Gasteiger charge is -2.18. The van der Waals surface area contributed by atoms with Crippen LogP contribution in [0.15, 0.2) is 12.1 Å². The molecule has 1 fully saturated rings. The van der Waals surface area contributed by atoms with E-state index in [1.54, 1.807) is 0 Å². The first-order valence-electron chi connectivity index (χ1n) is 9.05. The zero-order valence-electron chi connectivity index (χ0n) is 15.4. The number of carbonyl (C=O) groups is 1. The van der Waals surface area contributed by atoms with E-state index in [4.69, 9.17) is 15.8 Å². The van der Waals surface area contributed by atoms with E-state index in [9.17, 15) is 4.79 Å². The molecule has 0 radical (unpaired) electrons. The fourth-order valence-corrected chi connectivity index (χ4v) is 3.66. The molecule has 2 aliphatic rings. The van der Waals surface area contributed by atoms with Crippen molar-refractivity contribution >= 4 is 49.0 Å². The highest BCUT2D eigenvalue weighted by Gasteiger charge is 2.23. The van der Waals surface area contributed by atoms with Crippen LogP contribution in [-0.2, 0) is 17.6 Å². The molecule has 0 amide bonds. The number of fused-ring (bicyclic) bond motifs is 1. The largest absolute Gasteiger partial charge is 0.480 e. The fraction of sp³-hybridized carbons (Fsp3) is 0.667. The SMILES string of the molecule is Cl.Cl.Cl.NC(CCN1CC[C@@H](CCc2ccc3c(n2)NCCC3)C1)C(=O)O. The fourth-order valence-electron chi connectivity index (χ4n) is 3.66. The van der Waals surface area contributed by atoms with E-state index in [0.29, 0.717) is 12.3 Å². The predicted octanol–water partition coefficient (Wildman–Crippen LogP) is 2.76. The lowest BCUT2D eigenvalue weighted by atomic mass is 10.00. The lowest BCUT2D eigenvalue weighted by Crippen LogP contribution is -2.34. The van der Waals surface area contributed by atoms with Crippen LogP contribution in [0.25, 0.3) is 0 Å². The van der Waals surface area contributed by atoms with Crippen LogP contribution in [0.1, 0.15) is 36.9 Å². The molecule has 4 N–H and O–H groups in total. The van der Waals surface area contributed by atoms with Crippen molar-refractivity contribution in [2.24, 2.45) is 11.7 Å². The molecule has 2 atom stereocenters. The van der Waals surface area contributed by atoms with Gasteiger partial charge in [0.1, 0.15) is 11.9 Å². The molecular weight excluding hydrogens is 411 g/mol. The molecule has 0 bridgehead atoms. The number of rotatable bonds is 7. The first-order chi connectivity index (χ1) is 11.6. The minimum Gasteiger partial charge on any atom is -0.480 e. The van der Waals surface area contributed by atoms with Crippen LogP contribution in [0, 0.1) is 5.92 Å². The van der Waals surface area contributed by atoms with Crippen molar-refractivity contribution in [2.45, 2.75) is 44.6 Å². The molecule has 27 heavy (non-hydrogen) atoms. The number of nitrogens with two attached hydrogens (primary N) is 1. The number of halogens is 3. The lowest BCUT2D eigenvalue weighted by molar-refractivity contribution is -0.138. The van der Waals surface area contributed by atoms with E-state index >= 15 is 0 Å². The molecule has 0 spiro atoms. The average molecular weight is 442 g/mol. The number of aryl methyl sites for hydroxylation is 2. The van der Waals surface area contributed by atoms with Gasteiger partial charge in [-0.3, -0.25) is 4.79 Å². The summed E-state index contributed by atoms with van der Waals surface area (Å²) < 4.78 is 0. The second-order valence-electron chi connectivity index (χ2n) is 7.07. The topological polar surface area (TPSA) is 91.5 Å². The molecule has 3 heterocycles. The molecule has 0 saturated carbocycles. The number of carboxylic acid groups (broad SMARTS) is 1. The zero-order valence-corrected chi connectivity index (χ0v) is 17.9. The van der Waals surface area contributed by atoms with Crippen molar-refractivity contribution in [3.05, 3.63) is 23.4 Å². The highest BCUT2D eigenvalue weighted by molar-refractivity contribution is 5.86. The van der Waals surface area contributed by atoms with Gasteiger partial charge in [0.2, 0.25) is 0 Å². The molecule has 3 rings (SSSR count). The van der Waals surface area contributed by atoms with Gasteiger partial charge in [0, 0.05) is 25.3 Å². The quantitative estimate of drug-likeness (QED) is 0.602. The van der Waals surface area contributed by atoms with Crippen LogP contribution in [0.4, 0.5) is 5.82 Å². The van der Waals surface area contributed by atoms with Gasteiger partial charge >= 0.3 is 5.97 Å². The Labute approximate surface area is 179 Å². The molecule has 0 aromatic carbocycles. The number of carboxylic acids is 1. The first kappa shape index (κ1) is 26.2. The van der Waals surface area contributed by atoms with Crippen LogP contribution in [0.2, 0.25) is 0 Å². The van der Waals surface area contributed by atoms with Crippen molar-refractivity contribution in [1.29, 1.82) is 0 Å². The highest BCUT2D eigenvalue weighted by Crippen LogP contribution is 2.24. The summed E-state index contributed by atoms with van der Waals surface area (Å²) in [7, 11) is 0. The first-order valence-corrected chi connectivity index (χ1v) is 9.05. The molecule has 9 heteroatoms. The monoisotopic (exact) mass is 440 g/mol. The third-order valence-corrected chi connectivity index (χ3v) is 5.20. The van der Waals surface area contributed by atoms with Gasteiger partial charge < -0.3 is 21.1 Å². The minimum atomic E-state index is -0.905. The van der Waals surface area contributed by atoms with Gasteiger partial charge in [-0.1, -0.05) is 6.07 Å². The Morgan fingerprint density at radius 2 is 2.15 bits per heavy atom. The van der Waals surface area contributed by atoms with E-state index in [1.807, 2.05) is 0 Å². The van der Waals surface area contributed by atoms with Crippen molar-refractivity contribution < 1.29 is 9.90 Å². The number of pyridine rings is 1.